The number of benzene rings is 2. The summed E-state index contributed by atoms with van der Waals surface area (Å²) in [6.45, 7) is 4.12. The van der Waals surface area contributed by atoms with Crippen LogP contribution in [0.4, 0.5) is 5.69 Å². The van der Waals surface area contributed by atoms with Gasteiger partial charge in [-0.2, -0.15) is 0 Å². The highest BCUT2D eigenvalue weighted by Crippen LogP contribution is 2.34. The lowest BCUT2D eigenvalue weighted by Gasteiger charge is -2.12. The van der Waals surface area contributed by atoms with Gasteiger partial charge in [0, 0.05) is 0 Å². The van der Waals surface area contributed by atoms with E-state index < -0.39 is 0 Å². The summed E-state index contributed by atoms with van der Waals surface area (Å²) in [5.74, 6) is 2.01. The first-order chi connectivity index (χ1) is 8.61. The number of ether oxygens (including phenoxy) is 2. The minimum Gasteiger partial charge on any atom is -0.494 e. The SMILES string of the molecule is COc1cccc(Oc2ccc(C)c(C)c2)c1N. The molecule has 18 heavy (non-hydrogen) atoms. The minimum absolute atomic E-state index is 0.512. The van der Waals surface area contributed by atoms with Crippen LogP contribution in [0, 0.1) is 13.8 Å². The van der Waals surface area contributed by atoms with Gasteiger partial charge in [0.15, 0.2) is 5.75 Å². The number of nitrogen functional groups attached to an aromatic ring is 1. The number of anilines is 1. The van der Waals surface area contributed by atoms with Gasteiger partial charge >= 0.3 is 0 Å². The molecule has 2 aromatic rings. The molecule has 0 aromatic heterocycles. The van der Waals surface area contributed by atoms with Crippen molar-refractivity contribution in [1.29, 1.82) is 0 Å². The lowest BCUT2D eigenvalue weighted by Crippen LogP contribution is -1.96. The van der Waals surface area contributed by atoms with Gasteiger partial charge in [-0.05, 0) is 49.2 Å². The Bertz CT molecular complexity index is 564. The maximum atomic E-state index is 5.96. The summed E-state index contributed by atoms with van der Waals surface area (Å²) < 4.78 is 10.9. The average molecular weight is 243 g/mol. The highest BCUT2D eigenvalue weighted by Gasteiger charge is 2.07. The van der Waals surface area contributed by atoms with Gasteiger partial charge in [0.05, 0.1) is 7.11 Å². The third-order valence-corrected chi connectivity index (χ3v) is 2.95. The van der Waals surface area contributed by atoms with Gasteiger partial charge in [0.1, 0.15) is 17.2 Å². The molecule has 94 valence electrons. The number of para-hydroxylation sites is 1. The second kappa shape index (κ2) is 5.00. The smallest absolute Gasteiger partial charge is 0.154 e. The van der Waals surface area contributed by atoms with Crippen LogP contribution in [-0.4, -0.2) is 7.11 Å². The Balaban J connectivity index is 2.31. The van der Waals surface area contributed by atoms with E-state index in [1.807, 2.05) is 36.4 Å². The molecule has 0 aliphatic rings. The molecule has 0 fully saturated rings. The minimum atomic E-state index is 0.512. The van der Waals surface area contributed by atoms with Gasteiger partial charge in [-0.3, -0.25) is 0 Å². The molecule has 0 aliphatic carbocycles. The summed E-state index contributed by atoms with van der Waals surface area (Å²) in [6, 6.07) is 11.4. The van der Waals surface area contributed by atoms with Crippen LogP contribution in [0.15, 0.2) is 36.4 Å². The predicted octanol–water partition coefficient (Wildman–Crippen LogP) is 3.69. The van der Waals surface area contributed by atoms with E-state index in [0.29, 0.717) is 17.2 Å². The topological polar surface area (TPSA) is 44.5 Å². The summed E-state index contributed by atoms with van der Waals surface area (Å²) in [6.07, 6.45) is 0. The number of hydrogen-bond donors (Lipinski definition) is 1. The van der Waals surface area contributed by atoms with Gasteiger partial charge in [-0.25, -0.2) is 0 Å². The molecule has 0 amide bonds. The van der Waals surface area contributed by atoms with E-state index in [1.165, 1.54) is 11.1 Å². The van der Waals surface area contributed by atoms with Gasteiger partial charge in [0.25, 0.3) is 0 Å². The summed E-state index contributed by atoms with van der Waals surface area (Å²) in [5, 5.41) is 0. The van der Waals surface area contributed by atoms with Crippen molar-refractivity contribution in [3.8, 4) is 17.2 Å². The molecular weight excluding hydrogens is 226 g/mol. The zero-order valence-electron chi connectivity index (χ0n) is 10.9. The molecule has 0 heterocycles. The number of nitrogens with two attached hydrogens (primary N) is 1. The standard InChI is InChI=1S/C15H17NO2/c1-10-7-8-12(9-11(10)2)18-14-6-4-5-13(17-3)15(14)16/h4-9H,16H2,1-3H3. The Morgan fingerprint density at radius 1 is 0.944 bits per heavy atom. The van der Waals surface area contributed by atoms with Crippen molar-refractivity contribution < 1.29 is 9.47 Å². The molecule has 0 saturated heterocycles. The maximum Gasteiger partial charge on any atom is 0.154 e. The fourth-order valence-electron chi connectivity index (χ4n) is 1.70. The van der Waals surface area contributed by atoms with Gasteiger partial charge in [-0.15, -0.1) is 0 Å². The second-order valence-electron chi connectivity index (χ2n) is 4.22. The number of hydrogen-bond acceptors (Lipinski definition) is 3. The molecule has 0 atom stereocenters. The van der Waals surface area contributed by atoms with E-state index in [9.17, 15) is 0 Å². The van der Waals surface area contributed by atoms with Gasteiger partial charge in [0.2, 0.25) is 0 Å². The van der Waals surface area contributed by atoms with E-state index >= 15 is 0 Å². The molecule has 0 aliphatic heterocycles. The Hall–Kier alpha value is -2.16. The van der Waals surface area contributed by atoms with Crippen LogP contribution in [0.5, 0.6) is 17.2 Å². The van der Waals surface area contributed by atoms with Crippen molar-refractivity contribution in [2.75, 3.05) is 12.8 Å². The van der Waals surface area contributed by atoms with E-state index in [1.54, 1.807) is 7.11 Å². The van der Waals surface area contributed by atoms with Crippen LogP contribution >= 0.6 is 0 Å². The normalized spacial score (nSPS) is 10.2. The van der Waals surface area contributed by atoms with Gasteiger partial charge in [-0.1, -0.05) is 12.1 Å². The van der Waals surface area contributed by atoms with Gasteiger partial charge < -0.3 is 15.2 Å². The maximum absolute atomic E-state index is 5.96. The molecule has 0 unspecified atom stereocenters. The van der Waals surface area contributed by atoms with Crippen LogP contribution in [0.3, 0.4) is 0 Å². The molecule has 0 spiro atoms. The highest BCUT2D eigenvalue weighted by molar-refractivity contribution is 5.63. The van der Waals surface area contributed by atoms with Crippen molar-refractivity contribution in [1.82, 2.24) is 0 Å². The largest absolute Gasteiger partial charge is 0.494 e. The zero-order valence-corrected chi connectivity index (χ0v) is 10.9. The first-order valence-corrected chi connectivity index (χ1v) is 5.79. The number of rotatable bonds is 3. The summed E-state index contributed by atoms with van der Waals surface area (Å²) in [7, 11) is 1.59. The lowest BCUT2D eigenvalue weighted by atomic mass is 10.1. The van der Waals surface area contributed by atoms with Crippen molar-refractivity contribution in [3.63, 3.8) is 0 Å². The third-order valence-electron chi connectivity index (χ3n) is 2.95. The molecule has 3 nitrogen and oxygen atoms in total. The van der Waals surface area contributed by atoms with E-state index in [2.05, 4.69) is 13.8 Å². The third kappa shape index (κ3) is 2.40. The van der Waals surface area contributed by atoms with Crippen LogP contribution in [0.25, 0.3) is 0 Å². The Kier molecular flexibility index (Phi) is 3.42. The Morgan fingerprint density at radius 3 is 2.33 bits per heavy atom. The van der Waals surface area contributed by atoms with Crippen molar-refractivity contribution in [3.05, 3.63) is 47.5 Å². The van der Waals surface area contributed by atoms with E-state index in [-0.39, 0.29) is 0 Å². The second-order valence-corrected chi connectivity index (χ2v) is 4.22. The van der Waals surface area contributed by atoms with Crippen molar-refractivity contribution in [2.45, 2.75) is 13.8 Å². The summed E-state index contributed by atoms with van der Waals surface area (Å²) in [4.78, 5) is 0. The lowest BCUT2D eigenvalue weighted by molar-refractivity contribution is 0.412. The van der Waals surface area contributed by atoms with E-state index in [4.69, 9.17) is 15.2 Å². The Morgan fingerprint density at radius 2 is 1.67 bits per heavy atom. The molecule has 3 heteroatoms. The molecular formula is C15H17NO2. The van der Waals surface area contributed by atoms with Crippen molar-refractivity contribution >= 4 is 5.69 Å². The molecule has 2 N–H and O–H groups in total. The summed E-state index contributed by atoms with van der Waals surface area (Å²) >= 11 is 0. The number of methoxy groups -OCH3 is 1. The first-order valence-electron chi connectivity index (χ1n) is 5.79. The fourth-order valence-corrected chi connectivity index (χ4v) is 1.70. The summed E-state index contributed by atoms with van der Waals surface area (Å²) in [5.41, 5.74) is 8.90. The molecule has 2 rings (SSSR count). The molecule has 0 saturated carbocycles. The van der Waals surface area contributed by atoms with Crippen molar-refractivity contribution in [2.24, 2.45) is 0 Å². The quantitative estimate of drug-likeness (QED) is 0.836. The first kappa shape index (κ1) is 12.3. The highest BCUT2D eigenvalue weighted by atomic mass is 16.5. The van der Waals surface area contributed by atoms with Crippen LogP contribution in [0.1, 0.15) is 11.1 Å². The average Bonchev–Trinajstić information content (AvgIpc) is 2.36. The fraction of sp³-hybridized carbons (Fsp3) is 0.200. The number of aryl methyl sites for hydroxylation is 2. The Labute approximate surface area is 107 Å². The molecule has 0 radical (unpaired) electrons. The van der Waals surface area contributed by atoms with Crippen LogP contribution in [-0.2, 0) is 0 Å². The molecule has 0 bridgehead atoms. The monoisotopic (exact) mass is 243 g/mol. The van der Waals surface area contributed by atoms with Crippen LogP contribution < -0.4 is 15.2 Å². The molecule has 2 aromatic carbocycles. The van der Waals surface area contributed by atoms with Crippen LogP contribution in [0.2, 0.25) is 0 Å². The predicted molar refractivity (Wildman–Crippen MR) is 73.4 cm³/mol. The van der Waals surface area contributed by atoms with E-state index in [0.717, 1.165) is 5.75 Å². The zero-order chi connectivity index (χ0) is 13.1.